The van der Waals surface area contributed by atoms with E-state index in [0.29, 0.717) is 27.7 Å². The van der Waals surface area contributed by atoms with Gasteiger partial charge in [0, 0.05) is 22.6 Å². The van der Waals surface area contributed by atoms with E-state index in [0.717, 1.165) is 0 Å². The van der Waals surface area contributed by atoms with Crippen LogP contribution in [0.3, 0.4) is 0 Å². The molecule has 2 N–H and O–H groups in total. The van der Waals surface area contributed by atoms with Crippen molar-refractivity contribution >= 4 is 74.6 Å². The van der Waals surface area contributed by atoms with Gasteiger partial charge in [-0.2, -0.15) is 18.3 Å². The Hall–Kier alpha value is -3.34. The minimum absolute atomic E-state index is 0.00277. The number of fused-ring (bicyclic) bond motifs is 1. The van der Waals surface area contributed by atoms with Crippen molar-refractivity contribution in [2.45, 2.75) is 33.0 Å². The number of aromatic nitrogens is 1. The molecule has 0 spiro atoms. The van der Waals surface area contributed by atoms with Gasteiger partial charge in [0.15, 0.2) is 5.82 Å². The predicted octanol–water partition coefficient (Wildman–Crippen LogP) is 7.23. The van der Waals surface area contributed by atoms with E-state index in [1.54, 1.807) is 32.0 Å². The Balaban J connectivity index is 2.11. The first-order valence-corrected chi connectivity index (χ1v) is 12.1. The van der Waals surface area contributed by atoms with E-state index >= 15 is 0 Å². The summed E-state index contributed by atoms with van der Waals surface area (Å²) in [5, 5.41) is 10.6. The molecule has 3 rings (SSSR count). The molecule has 0 saturated heterocycles. The van der Waals surface area contributed by atoms with Crippen molar-refractivity contribution in [1.29, 1.82) is 0 Å². The number of nitrogens with zero attached hydrogens (tertiary/aromatic N) is 3. The number of amides is 2. The van der Waals surface area contributed by atoms with E-state index in [9.17, 15) is 22.8 Å². The number of alkyl halides is 3. The lowest BCUT2D eigenvalue weighted by molar-refractivity contribution is -0.113. The Morgan fingerprint density at radius 2 is 1.82 bits per heavy atom. The number of hydrazone groups is 1. The van der Waals surface area contributed by atoms with Crippen molar-refractivity contribution in [2.75, 3.05) is 10.3 Å². The number of hydrogen-bond donors (Lipinski definition) is 2. The standard InChI is InChI=1S/C25H21Cl3F3N5O2/c1-12(2)33-24(38)18-11-15-10-16(26)7-8-17(15)20(28)21(18)34-23(37)13(3)36(35-14(4)25(29,30)31)22-19(27)6-5-9-32-22/h5-12H,3H2,1-2,4H3,(H,33,38)(H,34,37)/b35-14+. The Bertz CT molecular complexity index is 1460. The van der Waals surface area contributed by atoms with Crippen molar-refractivity contribution in [2.24, 2.45) is 5.10 Å². The number of anilines is 2. The van der Waals surface area contributed by atoms with Gasteiger partial charge < -0.3 is 10.6 Å². The van der Waals surface area contributed by atoms with Crippen LogP contribution in [0.15, 0.2) is 60.0 Å². The summed E-state index contributed by atoms with van der Waals surface area (Å²) >= 11 is 18.8. The number of halogens is 6. The Labute approximate surface area is 231 Å². The zero-order valence-corrected chi connectivity index (χ0v) is 22.5. The van der Waals surface area contributed by atoms with Crippen LogP contribution in [-0.2, 0) is 4.79 Å². The molecular formula is C25H21Cl3F3N5O2. The maximum Gasteiger partial charge on any atom is 0.430 e. The Morgan fingerprint density at radius 3 is 2.42 bits per heavy atom. The van der Waals surface area contributed by atoms with E-state index in [1.807, 2.05) is 0 Å². The average molecular weight is 587 g/mol. The van der Waals surface area contributed by atoms with Gasteiger partial charge in [-0.15, -0.1) is 0 Å². The lowest BCUT2D eigenvalue weighted by Crippen LogP contribution is -2.33. The molecule has 0 aliphatic heterocycles. The van der Waals surface area contributed by atoms with Gasteiger partial charge in [-0.3, -0.25) is 9.59 Å². The number of pyridine rings is 1. The van der Waals surface area contributed by atoms with Gasteiger partial charge in [-0.05, 0) is 56.5 Å². The molecule has 1 aromatic heterocycles. The maximum atomic E-state index is 13.3. The molecule has 38 heavy (non-hydrogen) atoms. The minimum atomic E-state index is -4.80. The Kier molecular flexibility index (Phi) is 8.91. The topological polar surface area (TPSA) is 86.7 Å². The molecule has 2 amide bonds. The van der Waals surface area contributed by atoms with Crippen molar-refractivity contribution in [3.05, 3.63) is 75.5 Å². The molecule has 0 fully saturated rings. The van der Waals surface area contributed by atoms with Crippen molar-refractivity contribution < 1.29 is 22.8 Å². The van der Waals surface area contributed by atoms with Gasteiger partial charge in [-0.25, -0.2) is 9.99 Å². The van der Waals surface area contributed by atoms with Gasteiger partial charge in [-0.1, -0.05) is 47.4 Å². The highest BCUT2D eigenvalue weighted by molar-refractivity contribution is 6.40. The number of benzene rings is 2. The van der Waals surface area contributed by atoms with Crippen LogP contribution < -0.4 is 15.6 Å². The first kappa shape index (κ1) is 29.2. The van der Waals surface area contributed by atoms with Crippen LogP contribution >= 0.6 is 34.8 Å². The van der Waals surface area contributed by atoms with Gasteiger partial charge in [0.1, 0.15) is 11.4 Å². The summed E-state index contributed by atoms with van der Waals surface area (Å²) < 4.78 is 39.9. The number of carbonyl (C=O) groups is 2. The highest BCUT2D eigenvalue weighted by Crippen LogP contribution is 2.37. The van der Waals surface area contributed by atoms with Crippen molar-refractivity contribution in [1.82, 2.24) is 10.3 Å². The molecule has 0 aliphatic rings. The number of hydrogen-bond acceptors (Lipinski definition) is 5. The van der Waals surface area contributed by atoms with Gasteiger partial charge in [0.05, 0.1) is 21.3 Å². The van der Waals surface area contributed by atoms with Crippen LogP contribution in [0.5, 0.6) is 0 Å². The summed E-state index contributed by atoms with van der Waals surface area (Å²) in [6, 6.07) is 8.82. The Morgan fingerprint density at radius 1 is 1.13 bits per heavy atom. The van der Waals surface area contributed by atoms with Crippen molar-refractivity contribution in [3.63, 3.8) is 0 Å². The lowest BCUT2D eigenvalue weighted by atomic mass is 10.0. The molecule has 0 saturated carbocycles. The second kappa shape index (κ2) is 11.6. The SMILES string of the molecule is C=C(C(=O)Nc1c(C(=O)NC(C)C)cc2cc(Cl)ccc2c1Cl)N(/N=C(\C)C(F)(F)F)c1ncccc1Cl. The summed E-state index contributed by atoms with van der Waals surface area (Å²) in [4.78, 5) is 30.3. The fraction of sp³-hybridized carbons (Fsp3) is 0.200. The average Bonchev–Trinajstić information content (AvgIpc) is 2.82. The highest BCUT2D eigenvalue weighted by atomic mass is 35.5. The molecule has 0 bridgehead atoms. The molecule has 0 radical (unpaired) electrons. The third-order valence-corrected chi connectivity index (χ3v) is 5.98. The van der Waals surface area contributed by atoms with Crippen LogP contribution in [0.1, 0.15) is 31.1 Å². The maximum absolute atomic E-state index is 13.3. The minimum Gasteiger partial charge on any atom is -0.350 e. The number of rotatable bonds is 7. The van der Waals surface area contributed by atoms with E-state index in [1.165, 1.54) is 24.4 Å². The molecule has 0 atom stereocenters. The first-order chi connectivity index (χ1) is 17.7. The molecule has 2 aromatic carbocycles. The first-order valence-electron chi connectivity index (χ1n) is 11.0. The van der Waals surface area contributed by atoms with Crippen LogP contribution in [0, 0.1) is 0 Å². The summed E-state index contributed by atoms with van der Waals surface area (Å²) in [5.41, 5.74) is -1.95. The summed E-state index contributed by atoms with van der Waals surface area (Å²) in [6.45, 7) is 7.81. The highest BCUT2D eigenvalue weighted by Gasteiger charge is 2.34. The lowest BCUT2D eigenvalue weighted by Gasteiger charge is -2.23. The summed E-state index contributed by atoms with van der Waals surface area (Å²) in [6.07, 6.45) is -3.54. The zero-order valence-electron chi connectivity index (χ0n) is 20.3. The fourth-order valence-electron chi connectivity index (χ4n) is 3.23. The normalized spacial score (nSPS) is 12.0. The van der Waals surface area contributed by atoms with Crippen LogP contribution in [0.2, 0.25) is 15.1 Å². The van der Waals surface area contributed by atoms with Gasteiger partial charge in [0.2, 0.25) is 0 Å². The quantitative estimate of drug-likeness (QED) is 0.174. The third-order valence-electron chi connectivity index (χ3n) is 5.06. The fourth-order valence-corrected chi connectivity index (χ4v) is 3.94. The smallest absolute Gasteiger partial charge is 0.350 e. The van der Waals surface area contributed by atoms with Crippen LogP contribution in [-0.4, -0.2) is 34.7 Å². The second-order valence-electron chi connectivity index (χ2n) is 8.31. The number of carbonyl (C=O) groups excluding carboxylic acids is 2. The predicted molar refractivity (Wildman–Crippen MR) is 145 cm³/mol. The zero-order chi connectivity index (χ0) is 28.4. The molecule has 7 nitrogen and oxygen atoms in total. The molecular weight excluding hydrogens is 566 g/mol. The third kappa shape index (κ3) is 6.56. The molecule has 0 unspecified atom stereocenters. The van der Waals surface area contributed by atoms with E-state index in [-0.39, 0.29) is 33.2 Å². The second-order valence-corrected chi connectivity index (χ2v) is 9.53. The molecule has 0 aliphatic carbocycles. The van der Waals surface area contributed by atoms with Gasteiger partial charge >= 0.3 is 6.18 Å². The molecule has 1 heterocycles. The van der Waals surface area contributed by atoms with Crippen LogP contribution in [0.25, 0.3) is 10.8 Å². The summed E-state index contributed by atoms with van der Waals surface area (Å²) in [7, 11) is 0. The molecule has 3 aromatic rings. The summed E-state index contributed by atoms with van der Waals surface area (Å²) in [5.74, 6) is -1.84. The van der Waals surface area contributed by atoms with Gasteiger partial charge in [0.25, 0.3) is 11.8 Å². The van der Waals surface area contributed by atoms with E-state index in [2.05, 4.69) is 27.3 Å². The van der Waals surface area contributed by atoms with Crippen molar-refractivity contribution in [3.8, 4) is 0 Å². The number of nitrogens with one attached hydrogen (secondary N) is 2. The molecule has 200 valence electrons. The van der Waals surface area contributed by atoms with E-state index < -0.39 is 29.4 Å². The van der Waals surface area contributed by atoms with Crippen LogP contribution in [0.4, 0.5) is 24.7 Å². The monoisotopic (exact) mass is 585 g/mol. The largest absolute Gasteiger partial charge is 0.430 e. The van der Waals surface area contributed by atoms with E-state index in [4.69, 9.17) is 34.8 Å². The molecule has 13 heteroatoms.